The largest absolute Gasteiger partial charge is 0.379 e. The predicted octanol–water partition coefficient (Wildman–Crippen LogP) is 3.67. The third-order valence-electron chi connectivity index (χ3n) is 7.11. The molecule has 0 spiro atoms. The molecule has 40 heavy (non-hydrogen) atoms. The maximum absolute atomic E-state index is 12.8. The first-order chi connectivity index (χ1) is 19.6. The number of hydrogen-bond acceptors (Lipinski definition) is 9. The molecule has 4 aromatic heterocycles. The van der Waals surface area contributed by atoms with Crippen LogP contribution in [0.2, 0.25) is 0 Å². The minimum absolute atomic E-state index is 0.210. The maximum atomic E-state index is 12.8. The zero-order valence-electron chi connectivity index (χ0n) is 22.5. The number of aromatic nitrogens is 6. The lowest BCUT2D eigenvalue weighted by atomic mass is 10.0. The summed E-state index contributed by atoms with van der Waals surface area (Å²) in [6, 6.07) is 9.86. The van der Waals surface area contributed by atoms with Crippen molar-refractivity contribution in [3.8, 4) is 22.4 Å². The lowest BCUT2D eigenvalue weighted by Crippen LogP contribution is -2.38. The Morgan fingerprint density at radius 3 is 2.62 bits per heavy atom. The first-order valence-corrected chi connectivity index (χ1v) is 13.3. The van der Waals surface area contributed by atoms with Gasteiger partial charge in [0.1, 0.15) is 5.82 Å². The maximum Gasteiger partial charge on any atom is 0.259 e. The van der Waals surface area contributed by atoms with Crippen molar-refractivity contribution >= 4 is 28.2 Å². The number of nitrogens with zero attached hydrogens (tertiary/aromatic N) is 6. The summed E-state index contributed by atoms with van der Waals surface area (Å²) in [6.07, 6.45) is 9.07. The first kappa shape index (κ1) is 25.7. The summed E-state index contributed by atoms with van der Waals surface area (Å²) >= 11 is 0. The lowest BCUT2D eigenvalue weighted by Gasteiger charge is -2.26. The third kappa shape index (κ3) is 5.42. The van der Waals surface area contributed by atoms with Gasteiger partial charge in [-0.05, 0) is 47.7 Å². The zero-order chi connectivity index (χ0) is 27.5. The van der Waals surface area contributed by atoms with Crippen LogP contribution in [0.5, 0.6) is 0 Å². The van der Waals surface area contributed by atoms with Crippen LogP contribution in [-0.2, 0) is 11.3 Å². The molecule has 1 aliphatic heterocycles. The molecule has 1 aliphatic rings. The molecule has 0 radical (unpaired) electrons. The van der Waals surface area contributed by atoms with Crippen molar-refractivity contribution in [2.24, 2.45) is 0 Å². The van der Waals surface area contributed by atoms with Gasteiger partial charge in [-0.2, -0.15) is 5.10 Å². The number of rotatable bonds is 8. The number of H-pyrrole nitrogens is 1. The van der Waals surface area contributed by atoms with Crippen LogP contribution in [0.4, 0.5) is 17.5 Å². The first-order valence-electron chi connectivity index (χ1n) is 13.3. The van der Waals surface area contributed by atoms with Gasteiger partial charge in [0.25, 0.3) is 5.56 Å². The third-order valence-corrected chi connectivity index (χ3v) is 7.11. The molecule has 0 atom stereocenters. The smallest absolute Gasteiger partial charge is 0.259 e. The lowest BCUT2D eigenvalue weighted by molar-refractivity contribution is 0.0360. The van der Waals surface area contributed by atoms with E-state index in [1.54, 1.807) is 25.6 Å². The Morgan fingerprint density at radius 1 is 1.02 bits per heavy atom. The summed E-state index contributed by atoms with van der Waals surface area (Å²) in [5.74, 6) is 0.993. The van der Waals surface area contributed by atoms with Crippen LogP contribution in [0.15, 0.2) is 66.1 Å². The number of fused-ring (bicyclic) bond motifs is 1. The van der Waals surface area contributed by atoms with Gasteiger partial charge in [0.2, 0.25) is 5.95 Å². The zero-order valence-corrected chi connectivity index (χ0v) is 22.5. The summed E-state index contributed by atoms with van der Waals surface area (Å²) < 4.78 is 7.43. The fourth-order valence-electron chi connectivity index (χ4n) is 4.94. The Labute approximate surface area is 231 Å². The number of morpholine rings is 1. The Balaban J connectivity index is 1.25. The molecule has 0 unspecified atom stereocenters. The standard InChI is InChI=1S/C29H31N9O2/c1-19-13-23(3-4-24(19)22-17-34-38(18-22)8-7-37-9-11-40-12-10-37)35-27-26-20(5-6-31-28(26)39)14-25(36-27)21-15-32-29(30-2)33-16-21/h3-6,13-18H,7-12H2,1-2H3,(H,31,39)(H,35,36)(H,30,32,33). The Morgan fingerprint density at radius 2 is 1.85 bits per heavy atom. The molecule has 5 aromatic rings. The van der Waals surface area contributed by atoms with Crippen molar-refractivity contribution in [1.82, 2.24) is 34.6 Å². The van der Waals surface area contributed by atoms with Crippen LogP contribution in [0.3, 0.4) is 0 Å². The molecule has 1 fully saturated rings. The highest BCUT2D eigenvalue weighted by molar-refractivity contribution is 5.95. The highest BCUT2D eigenvalue weighted by Crippen LogP contribution is 2.30. The highest BCUT2D eigenvalue weighted by Gasteiger charge is 2.14. The molecule has 0 aliphatic carbocycles. The second kappa shape index (κ2) is 11.2. The molecular weight excluding hydrogens is 506 g/mol. The van der Waals surface area contributed by atoms with Crippen molar-refractivity contribution in [3.05, 3.63) is 77.2 Å². The van der Waals surface area contributed by atoms with Gasteiger partial charge in [-0.3, -0.25) is 14.4 Å². The number of anilines is 3. The van der Waals surface area contributed by atoms with Crippen molar-refractivity contribution < 1.29 is 4.74 Å². The van der Waals surface area contributed by atoms with E-state index in [2.05, 4.69) is 60.8 Å². The summed E-state index contributed by atoms with van der Waals surface area (Å²) in [5.41, 5.74) is 5.30. The van der Waals surface area contributed by atoms with Crippen molar-refractivity contribution in [2.45, 2.75) is 13.5 Å². The number of aryl methyl sites for hydroxylation is 1. The van der Waals surface area contributed by atoms with Gasteiger partial charge in [0.05, 0.1) is 37.0 Å². The van der Waals surface area contributed by atoms with E-state index in [9.17, 15) is 4.79 Å². The second-order valence-electron chi connectivity index (χ2n) is 9.77. The second-order valence-corrected chi connectivity index (χ2v) is 9.77. The van der Waals surface area contributed by atoms with Crippen LogP contribution >= 0.6 is 0 Å². The Bertz CT molecular complexity index is 1690. The van der Waals surface area contributed by atoms with Crippen LogP contribution in [-0.4, -0.2) is 74.5 Å². The van der Waals surface area contributed by atoms with E-state index >= 15 is 0 Å². The van der Waals surface area contributed by atoms with Gasteiger partial charge in [-0.15, -0.1) is 0 Å². The van der Waals surface area contributed by atoms with E-state index in [0.29, 0.717) is 22.8 Å². The van der Waals surface area contributed by atoms with Gasteiger partial charge in [0, 0.05) is 68.3 Å². The molecule has 11 heteroatoms. The monoisotopic (exact) mass is 537 g/mol. The van der Waals surface area contributed by atoms with E-state index in [0.717, 1.165) is 72.7 Å². The van der Waals surface area contributed by atoms with E-state index in [1.165, 1.54) is 0 Å². The fraction of sp³-hybridized carbons (Fsp3) is 0.276. The molecule has 6 rings (SSSR count). The minimum atomic E-state index is -0.210. The Kier molecular flexibility index (Phi) is 7.21. The summed E-state index contributed by atoms with van der Waals surface area (Å²) in [5, 5.41) is 12.1. The van der Waals surface area contributed by atoms with E-state index < -0.39 is 0 Å². The van der Waals surface area contributed by atoms with Crippen LogP contribution in [0, 0.1) is 6.92 Å². The number of benzene rings is 1. The number of hydrogen-bond donors (Lipinski definition) is 3. The molecule has 11 nitrogen and oxygen atoms in total. The number of pyridine rings is 2. The minimum Gasteiger partial charge on any atom is -0.379 e. The van der Waals surface area contributed by atoms with Gasteiger partial charge < -0.3 is 20.4 Å². The molecule has 0 amide bonds. The fourth-order valence-corrected chi connectivity index (χ4v) is 4.94. The molecule has 1 saturated heterocycles. The molecular formula is C29H31N9O2. The molecule has 1 aromatic carbocycles. The summed E-state index contributed by atoms with van der Waals surface area (Å²) in [6.45, 7) is 7.40. The van der Waals surface area contributed by atoms with E-state index in [4.69, 9.17) is 9.72 Å². The normalized spacial score (nSPS) is 13.9. The van der Waals surface area contributed by atoms with Crippen LogP contribution < -0.4 is 16.2 Å². The Hall–Kier alpha value is -4.61. The average Bonchev–Trinajstić information content (AvgIpc) is 3.45. The molecule has 204 valence electrons. The topological polar surface area (TPSA) is 126 Å². The summed E-state index contributed by atoms with van der Waals surface area (Å²) in [4.78, 5) is 31.4. The van der Waals surface area contributed by atoms with E-state index in [-0.39, 0.29) is 5.56 Å². The number of ether oxygens (including phenoxy) is 1. The van der Waals surface area contributed by atoms with Gasteiger partial charge in [0.15, 0.2) is 0 Å². The average molecular weight is 538 g/mol. The number of nitrogens with one attached hydrogen (secondary N) is 3. The van der Waals surface area contributed by atoms with E-state index in [1.807, 2.05) is 29.1 Å². The molecule has 0 saturated carbocycles. The van der Waals surface area contributed by atoms with Gasteiger partial charge in [-0.25, -0.2) is 15.0 Å². The SMILES string of the molecule is CNc1ncc(-c2cc3cc[nH]c(=O)c3c(Nc3ccc(-c4cnn(CCN5CCOCC5)c4)c(C)c3)n2)cn1. The van der Waals surface area contributed by atoms with Gasteiger partial charge in [-0.1, -0.05) is 6.07 Å². The van der Waals surface area contributed by atoms with Crippen LogP contribution in [0.1, 0.15) is 5.56 Å². The van der Waals surface area contributed by atoms with Crippen molar-refractivity contribution in [1.29, 1.82) is 0 Å². The number of aromatic amines is 1. The van der Waals surface area contributed by atoms with Crippen molar-refractivity contribution in [2.75, 3.05) is 50.5 Å². The van der Waals surface area contributed by atoms with Crippen LogP contribution in [0.25, 0.3) is 33.2 Å². The molecule has 3 N–H and O–H groups in total. The van der Waals surface area contributed by atoms with Crippen molar-refractivity contribution in [3.63, 3.8) is 0 Å². The highest BCUT2D eigenvalue weighted by atomic mass is 16.5. The quantitative estimate of drug-likeness (QED) is 0.272. The molecule has 5 heterocycles. The summed E-state index contributed by atoms with van der Waals surface area (Å²) in [7, 11) is 1.77. The van der Waals surface area contributed by atoms with Gasteiger partial charge >= 0.3 is 0 Å². The molecule has 0 bridgehead atoms. The predicted molar refractivity (Wildman–Crippen MR) is 156 cm³/mol.